The lowest BCUT2D eigenvalue weighted by Gasteiger charge is -2.18. The summed E-state index contributed by atoms with van der Waals surface area (Å²) in [5.41, 5.74) is 0.878. The lowest BCUT2D eigenvalue weighted by atomic mass is 10.1. The lowest BCUT2D eigenvalue weighted by molar-refractivity contribution is 0.663. The second-order valence-corrected chi connectivity index (χ2v) is 6.67. The molecule has 0 aromatic heterocycles. The Morgan fingerprint density at radius 3 is 2.50 bits per heavy atom. The van der Waals surface area contributed by atoms with E-state index in [0.29, 0.717) is 0 Å². The fourth-order valence-electron chi connectivity index (χ4n) is 1.95. The van der Waals surface area contributed by atoms with E-state index in [2.05, 4.69) is 16.5 Å². The highest BCUT2D eigenvalue weighted by molar-refractivity contribution is 7.95. The van der Waals surface area contributed by atoms with Gasteiger partial charge >= 0.3 is 0 Å². The van der Waals surface area contributed by atoms with Gasteiger partial charge < -0.3 is 0 Å². The van der Waals surface area contributed by atoms with Crippen molar-refractivity contribution in [3.8, 4) is 0 Å². The molecule has 16 heavy (non-hydrogen) atoms. The fourth-order valence-corrected chi connectivity index (χ4v) is 3.43. The average Bonchev–Trinajstić information content (AvgIpc) is 2.27. The molecule has 2 nitrogen and oxygen atoms in total. The molecule has 3 heteroatoms. The van der Waals surface area contributed by atoms with E-state index in [1.807, 2.05) is 30.3 Å². The van der Waals surface area contributed by atoms with Crippen molar-refractivity contribution in [3.05, 3.63) is 42.5 Å². The molecular weight excluding hydrogens is 218 g/mol. The predicted octanol–water partition coefficient (Wildman–Crippen LogP) is 3.34. The zero-order valence-corrected chi connectivity index (χ0v) is 9.74. The third kappa shape index (κ3) is 1.61. The molecule has 0 aliphatic carbocycles. The van der Waals surface area contributed by atoms with Crippen molar-refractivity contribution >= 4 is 26.2 Å². The highest BCUT2D eigenvalue weighted by atomic mass is 32.2. The third-order valence-electron chi connectivity index (χ3n) is 2.96. The third-order valence-corrected chi connectivity index (χ3v) is 5.34. The van der Waals surface area contributed by atoms with Crippen LogP contribution in [0.25, 0.3) is 10.8 Å². The van der Waals surface area contributed by atoms with Gasteiger partial charge in [-0.25, -0.2) is 4.21 Å². The topological polar surface area (TPSA) is 29.4 Å². The second kappa shape index (κ2) is 3.59. The Labute approximate surface area is 95.5 Å². The van der Waals surface area contributed by atoms with Gasteiger partial charge in [0.1, 0.15) is 0 Å². The Kier molecular flexibility index (Phi) is 2.21. The minimum absolute atomic E-state index is 0.760. The molecule has 1 heterocycles. The van der Waals surface area contributed by atoms with E-state index in [0.717, 1.165) is 34.4 Å². The minimum Gasteiger partial charge on any atom is -0.249 e. The second-order valence-electron chi connectivity index (χ2n) is 4.12. The molecule has 0 spiro atoms. The quantitative estimate of drug-likeness (QED) is 0.740. The smallest absolute Gasteiger partial charge is 0.0808 e. The summed E-state index contributed by atoms with van der Waals surface area (Å²) in [4.78, 5) is 0. The molecule has 3 rings (SSSR count). The zero-order chi connectivity index (χ0) is 11.0. The average molecular weight is 231 g/mol. The van der Waals surface area contributed by atoms with Crippen LogP contribution in [0.5, 0.6) is 0 Å². The van der Waals surface area contributed by atoms with Crippen LogP contribution in [-0.4, -0.2) is 15.7 Å². The minimum atomic E-state index is -1.91. The van der Waals surface area contributed by atoms with Crippen LogP contribution in [0.15, 0.2) is 46.8 Å². The summed E-state index contributed by atoms with van der Waals surface area (Å²) in [7, 11) is -1.91. The van der Waals surface area contributed by atoms with Gasteiger partial charge in [-0.05, 0) is 17.9 Å². The molecule has 82 valence electrons. The fraction of sp³-hybridized carbons (Fsp3) is 0.231. The number of fused-ring (bicyclic) bond motifs is 1. The van der Waals surface area contributed by atoms with Crippen molar-refractivity contribution in [2.45, 2.75) is 6.42 Å². The van der Waals surface area contributed by atoms with Gasteiger partial charge in [-0.3, -0.25) is 0 Å². The summed E-state index contributed by atoms with van der Waals surface area (Å²) in [6.45, 7) is 0. The number of rotatable bonds is 1. The Morgan fingerprint density at radius 1 is 1.00 bits per heavy atom. The van der Waals surface area contributed by atoms with E-state index in [9.17, 15) is 4.21 Å². The van der Waals surface area contributed by atoms with Crippen molar-refractivity contribution in [2.75, 3.05) is 11.5 Å². The maximum absolute atomic E-state index is 12.1. The summed E-state index contributed by atoms with van der Waals surface area (Å²) in [5, 5.41) is 2.26. The van der Waals surface area contributed by atoms with Crippen LogP contribution < -0.4 is 0 Å². The van der Waals surface area contributed by atoms with Gasteiger partial charge in [0.15, 0.2) is 0 Å². The zero-order valence-electron chi connectivity index (χ0n) is 8.93. The molecule has 1 aliphatic heterocycles. The Hall–Kier alpha value is -1.35. The van der Waals surface area contributed by atoms with E-state index in [-0.39, 0.29) is 0 Å². The van der Waals surface area contributed by atoms with Crippen LogP contribution in [0.1, 0.15) is 6.42 Å². The van der Waals surface area contributed by atoms with E-state index in [1.54, 1.807) is 0 Å². The summed E-state index contributed by atoms with van der Waals surface area (Å²) >= 11 is 0. The first-order valence-electron chi connectivity index (χ1n) is 5.47. The number of hydrogen-bond acceptors (Lipinski definition) is 2. The van der Waals surface area contributed by atoms with E-state index < -0.39 is 9.73 Å². The molecule has 1 aliphatic rings. The van der Waals surface area contributed by atoms with E-state index in [4.69, 9.17) is 0 Å². The number of nitrogens with zero attached hydrogens (tertiary/aromatic N) is 1. The van der Waals surface area contributed by atoms with Gasteiger partial charge in [-0.1, -0.05) is 36.4 Å². The van der Waals surface area contributed by atoms with Crippen molar-refractivity contribution in [3.63, 3.8) is 0 Å². The summed E-state index contributed by atoms with van der Waals surface area (Å²) < 4.78 is 16.5. The standard InChI is InChI=1S/C13H13NOS/c15-16(9-4-10-16)14-13-8-3-6-11-5-1-2-7-12(11)13/h1-3,5-8H,4,9-10H2. The van der Waals surface area contributed by atoms with Gasteiger partial charge in [0, 0.05) is 16.9 Å². The molecule has 0 amide bonds. The Balaban J connectivity index is 2.24. The van der Waals surface area contributed by atoms with Crippen LogP contribution in [0.4, 0.5) is 5.69 Å². The highest BCUT2D eigenvalue weighted by Crippen LogP contribution is 2.29. The van der Waals surface area contributed by atoms with E-state index in [1.165, 1.54) is 0 Å². The first-order chi connectivity index (χ1) is 7.77. The van der Waals surface area contributed by atoms with Crippen LogP contribution in [0, 0.1) is 0 Å². The maximum atomic E-state index is 12.1. The van der Waals surface area contributed by atoms with Gasteiger partial charge in [-0.15, -0.1) is 0 Å². The first-order valence-corrected chi connectivity index (χ1v) is 7.32. The largest absolute Gasteiger partial charge is 0.249 e. The van der Waals surface area contributed by atoms with Crippen LogP contribution in [0.3, 0.4) is 0 Å². The molecule has 2 aromatic rings. The lowest BCUT2D eigenvalue weighted by Crippen LogP contribution is -2.22. The Bertz CT molecular complexity index is 639. The van der Waals surface area contributed by atoms with Gasteiger partial charge in [0.05, 0.1) is 15.4 Å². The monoisotopic (exact) mass is 231 g/mol. The number of hydrogen-bond donors (Lipinski definition) is 0. The summed E-state index contributed by atoms with van der Waals surface area (Å²) in [6.07, 6.45) is 1.05. The maximum Gasteiger partial charge on any atom is 0.0808 e. The van der Waals surface area contributed by atoms with E-state index >= 15 is 0 Å². The highest BCUT2D eigenvalue weighted by Gasteiger charge is 2.19. The molecule has 0 bridgehead atoms. The first kappa shape index (κ1) is 9.85. The van der Waals surface area contributed by atoms with Crippen LogP contribution in [-0.2, 0) is 9.73 Å². The molecule has 0 atom stereocenters. The molecule has 1 fully saturated rings. The molecule has 1 saturated heterocycles. The molecule has 0 N–H and O–H groups in total. The SMILES string of the molecule is O=S1(=Nc2cccc3ccccc23)CCC1. The molecule has 0 saturated carbocycles. The van der Waals surface area contributed by atoms with Crippen LogP contribution >= 0.6 is 0 Å². The molecule has 0 radical (unpaired) electrons. The predicted molar refractivity (Wildman–Crippen MR) is 68.5 cm³/mol. The molecular formula is C13H13NOS. The van der Waals surface area contributed by atoms with Crippen LogP contribution in [0.2, 0.25) is 0 Å². The van der Waals surface area contributed by atoms with Crippen molar-refractivity contribution in [1.82, 2.24) is 0 Å². The van der Waals surface area contributed by atoms with Crippen molar-refractivity contribution in [1.29, 1.82) is 0 Å². The van der Waals surface area contributed by atoms with Crippen molar-refractivity contribution < 1.29 is 4.21 Å². The summed E-state index contributed by atoms with van der Waals surface area (Å²) in [6, 6.07) is 14.1. The molecule has 2 aromatic carbocycles. The summed E-state index contributed by atoms with van der Waals surface area (Å²) in [5.74, 6) is 1.52. The Morgan fingerprint density at radius 2 is 1.75 bits per heavy atom. The molecule has 0 unspecified atom stereocenters. The number of benzene rings is 2. The van der Waals surface area contributed by atoms with Gasteiger partial charge in [0.2, 0.25) is 0 Å². The van der Waals surface area contributed by atoms with Gasteiger partial charge in [-0.2, -0.15) is 4.36 Å². The van der Waals surface area contributed by atoms with Gasteiger partial charge in [0.25, 0.3) is 0 Å². The normalized spacial score (nSPS) is 18.0. The van der Waals surface area contributed by atoms with Crippen molar-refractivity contribution in [2.24, 2.45) is 4.36 Å².